The number of carboxylic acid groups (broad SMARTS) is 1. The summed E-state index contributed by atoms with van der Waals surface area (Å²) >= 11 is 0. The van der Waals surface area contributed by atoms with Gasteiger partial charge in [-0.2, -0.15) is 4.80 Å². The molecule has 154 valence electrons. The highest BCUT2D eigenvalue weighted by atomic mass is 16.4. The van der Waals surface area contributed by atoms with Crippen LogP contribution in [-0.4, -0.2) is 46.6 Å². The fraction of sp³-hybridized carbons (Fsp3) is 0.182. The molecule has 5 rings (SSSR count). The number of aromatic carboxylic acids is 1. The van der Waals surface area contributed by atoms with Gasteiger partial charge in [0.2, 0.25) is 5.82 Å². The zero-order chi connectivity index (χ0) is 21.4. The Labute approximate surface area is 177 Å². The Bertz CT molecular complexity index is 1280. The van der Waals surface area contributed by atoms with Crippen molar-refractivity contribution in [1.82, 2.24) is 29.8 Å². The molecule has 0 saturated carbocycles. The minimum atomic E-state index is -1.16. The summed E-state index contributed by atoms with van der Waals surface area (Å²) in [4.78, 5) is 29.8. The van der Waals surface area contributed by atoms with E-state index in [0.717, 1.165) is 16.7 Å². The predicted molar refractivity (Wildman–Crippen MR) is 109 cm³/mol. The van der Waals surface area contributed by atoms with E-state index in [9.17, 15) is 14.7 Å². The first kappa shape index (κ1) is 18.9. The quantitative estimate of drug-likeness (QED) is 0.514. The summed E-state index contributed by atoms with van der Waals surface area (Å²) in [5.74, 6) is -0.849. The topological polar surface area (TPSA) is 116 Å². The van der Waals surface area contributed by atoms with E-state index in [1.807, 2.05) is 42.5 Å². The summed E-state index contributed by atoms with van der Waals surface area (Å²) < 4.78 is 1.43. The summed E-state index contributed by atoms with van der Waals surface area (Å²) in [6.45, 7) is 0.528. The Kier molecular flexibility index (Phi) is 4.62. The van der Waals surface area contributed by atoms with E-state index >= 15 is 0 Å². The number of imidazole rings is 1. The number of hydrogen-bond acceptors (Lipinski definition) is 6. The number of benzene rings is 2. The lowest BCUT2D eigenvalue weighted by molar-refractivity contribution is 0.0675. The molecule has 0 amide bonds. The molecule has 9 heteroatoms. The van der Waals surface area contributed by atoms with Crippen LogP contribution in [0.25, 0.3) is 0 Å². The van der Waals surface area contributed by atoms with E-state index < -0.39 is 12.0 Å². The SMILES string of the molecule is O=C(O)c1nccn1C1Cc2c(Cc3nnn(Cc4ccccc4)n3)cccc2C1=O. The summed E-state index contributed by atoms with van der Waals surface area (Å²) in [5.41, 5.74) is 3.51. The maximum Gasteiger partial charge on any atom is 0.372 e. The molecule has 31 heavy (non-hydrogen) atoms. The molecule has 9 nitrogen and oxygen atoms in total. The molecular formula is C22H18N6O3. The molecule has 1 unspecified atom stereocenters. The van der Waals surface area contributed by atoms with Crippen LogP contribution in [0.4, 0.5) is 0 Å². The number of tetrazole rings is 1. The van der Waals surface area contributed by atoms with Crippen LogP contribution in [0.3, 0.4) is 0 Å². The smallest absolute Gasteiger partial charge is 0.372 e. The van der Waals surface area contributed by atoms with Gasteiger partial charge in [-0.15, -0.1) is 10.2 Å². The molecule has 1 aliphatic carbocycles. The van der Waals surface area contributed by atoms with Crippen LogP contribution in [0.15, 0.2) is 60.9 Å². The highest BCUT2D eigenvalue weighted by Crippen LogP contribution is 2.33. The Hall–Kier alpha value is -4.14. The number of carbonyl (C=O) groups excluding carboxylic acids is 1. The van der Waals surface area contributed by atoms with Crippen molar-refractivity contribution < 1.29 is 14.7 Å². The second kappa shape index (κ2) is 7.60. The number of rotatable bonds is 6. The number of aromatic nitrogens is 6. The molecule has 0 aliphatic heterocycles. The second-order valence-corrected chi connectivity index (χ2v) is 7.39. The van der Waals surface area contributed by atoms with Crippen molar-refractivity contribution in [2.24, 2.45) is 0 Å². The largest absolute Gasteiger partial charge is 0.475 e. The molecule has 0 spiro atoms. The Morgan fingerprint density at radius 3 is 2.77 bits per heavy atom. The van der Waals surface area contributed by atoms with Gasteiger partial charge in [-0.1, -0.05) is 48.5 Å². The first-order valence-electron chi connectivity index (χ1n) is 9.82. The molecular weight excluding hydrogens is 396 g/mol. The lowest BCUT2D eigenvalue weighted by Gasteiger charge is -2.11. The van der Waals surface area contributed by atoms with E-state index in [1.165, 1.54) is 17.0 Å². The van der Waals surface area contributed by atoms with E-state index in [-0.39, 0.29) is 11.6 Å². The van der Waals surface area contributed by atoms with Gasteiger partial charge in [0.1, 0.15) is 6.04 Å². The van der Waals surface area contributed by atoms with Gasteiger partial charge in [0.05, 0.1) is 6.54 Å². The number of carboxylic acids is 1. The fourth-order valence-corrected chi connectivity index (χ4v) is 4.02. The Morgan fingerprint density at radius 2 is 1.97 bits per heavy atom. The zero-order valence-electron chi connectivity index (χ0n) is 16.4. The average molecular weight is 414 g/mol. The van der Waals surface area contributed by atoms with Crippen molar-refractivity contribution in [3.63, 3.8) is 0 Å². The van der Waals surface area contributed by atoms with Gasteiger partial charge in [-0.3, -0.25) is 4.79 Å². The van der Waals surface area contributed by atoms with Crippen molar-refractivity contribution in [2.75, 3.05) is 0 Å². The van der Waals surface area contributed by atoms with Crippen LogP contribution in [0.5, 0.6) is 0 Å². The Morgan fingerprint density at radius 1 is 1.13 bits per heavy atom. The van der Waals surface area contributed by atoms with Gasteiger partial charge in [0.15, 0.2) is 11.6 Å². The van der Waals surface area contributed by atoms with Crippen molar-refractivity contribution in [1.29, 1.82) is 0 Å². The fourth-order valence-electron chi connectivity index (χ4n) is 4.02. The molecule has 1 aliphatic rings. The monoisotopic (exact) mass is 414 g/mol. The first-order valence-corrected chi connectivity index (χ1v) is 9.82. The number of Topliss-reactive ketones (excluding diaryl/α,β-unsaturated/α-hetero) is 1. The molecule has 0 bridgehead atoms. The van der Waals surface area contributed by atoms with Crippen LogP contribution < -0.4 is 0 Å². The predicted octanol–water partition coefficient (Wildman–Crippen LogP) is 2.19. The van der Waals surface area contributed by atoms with Crippen molar-refractivity contribution >= 4 is 11.8 Å². The number of hydrogen-bond donors (Lipinski definition) is 1. The standard InChI is InChI=1S/C22H18N6O3/c29-20-16-8-4-7-15(17(16)12-18(20)27-10-9-23-21(27)22(30)31)11-19-24-26-28(25-19)13-14-5-2-1-3-6-14/h1-10,18H,11-13H2,(H,30,31). The van der Waals surface area contributed by atoms with Gasteiger partial charge in [-0.25, -0.2) is 9.78 Å². The Balaban J connectivity index is 1.39. The lowest BCUT2D eigenvalue weighted by Crippen LogP contribution is -2.20. The lowest BCUT2D eigenvalue weighted by atomic mass is 10.0. The average Bonchev–Trinajstić information content (AvgIpc) is 3.49. The minimum Gasteiger partial charge on any atom is -0.475 e. The van der Waals surface area contributed by atoms with Crippen LogP contribution >= 0.6 is 0 Å². The van der Waals surface area contributed by atoms with Gasteiger partial charge in [0.25, 0.3) is 0 Å². The molecule has 0 fully saturated rings. The highest BCUT2D eigenvalue weighted by molar-refractivity contribution is 6.04. The van der Waals surface area contributed by atoms with Crippen LogP contribution in [0.2, 0.25) is 0 Å². The van der Waals surface area contributed by atoms with E-state index in [4.69, 9.17) is 0 Å². The molecule has 2 aromatic heterocycles. The van der Waals surface area contributed by atoms with E-state index in [2.05, 4.69) is 20.4 Å². The number of fused-ring (bicyclic) bond motifs is 1. The molecule has 0 radical (unpaired) electrons. The van der Waals surface area contributed by atoms with E-state index in [1.54, 1.807) is 10.9 Å². The van der Waals surface area contributed by atoms with Gasteiger partial charge >= 0.3 is 5.97 Å². The van der Waals surface area contributed by atoms with Crippen LogP contribution in [0.1, 0.15) is 49.5 Å². The molecule has 1 N–H and O–H groups in total. The third-order valence-corrected chi connectivity index (χ3v) is 5.44. The summed E-state index contributed by atoms with van der Waals surface area (Å²) in [6, 6.07) is 14.8. The third kappa shape index (κ3) is 3.50. The van der Waals surface area contributed by atoms with E-state index in [0.29, 0.717) is 30.8 Å². The highest BCUT2D eigenvalue weighted by Gasteiger charge is 2.35. The van der Waals surface area contributed by atoms with Crippen LogP contribution in [-0.2, 0) is 19.4 Å². The summed E-state index contributed by atoms with van der Waals surface area (Å²) in [6.07, 6.45) is 3.77. The first-order chi connectivity index (χ1) is 15.1. The van der Waals surface area contributed by atoms with Gasteiger partial charge in [-0.05, 0) is 21.9 Å². The van der Waals surface area contributed by atoms with Crippen molar-refractivity contribution in [2.45, 2.75) is 25.4 Å². The molecule has 2 aromatic carbocycles. The molecule has 4 aromatic rings. The number of carbonyl (C=O) groups is 2. The summed E-state index contributed by atoms with van der Waals surface area (Å²) in [5, 5.41) is 22.1. The molecule has 2 heterocycles. The van der Waals surface area contributed by atoms with Crippen LogP contribution in [0, 0.1) is 0 Å². The van der Waals surface area contributed by atoms with Gasteiger partial charge in [0, 0.05) is 30.8 Å². The number of nitrogens with zero attached hydrogens (tertiary/aromatic N) is 6. The molecule has 0 saturated heterocycles. The maximum absolute atomic E-state index is 13.0. The number of ketones is 1. The van der Waals surface area contributed by atoms with Gasteiger partial charge < -0.3 is 9.67 Å². The maximum atomic E-state index is 13.0. The normalized spacial score (nSPS) is 15.2. The molecule has 1 atom stereocenters. The minimum absolute atomic E-state index is 0.113. The summed E-state index contributed by atoms with van der Waals surface area (Å²) in [7, 11) is 0. The van der Waals surface area contributed by atoms with Crippen molar-refractivity contribution in [3.8, 4) is 0 Å². The second-order valence-electron chi connectivity index (χ2n) is 7.39. The zero-order valence-corrected chi connectivity index (χ0v) is 16.4. The van der Waals surface area contributed by atoms with Crippen molar-refractivity contribution in [3.05, 3.63) is 94.8 Å². The third-order valence-electron chi connectivity index (χ3n) is 5.44.